The van der Waals surface area contributed by atoms with Crippen LogP contribution in [0.25, 0.3) is 0 Å². The highest BCUT2D eigenvalue weighted by atomic mass is 32.1. The maximum atomic E-state index is 13.9. The Morgan fingerprint density at radius 1 is 1.07 bits per heavy atom. The van der Waals surface area contributed by atoms with Crippen LogP contribution in [-0.2, 0) is 22.4 Å². The molecule has 1 fully saturated rings. The van der Waals surface area contributed by atoms with Crippen molar-refractivity contribution >= 4 is 28.9 Å². The van der Waals surface area contributed by atoms with Crippen LogP contribution in [0, 0.1) is 5.82 Å². The summed E-state index contributed by atoms with van der Waals surface area (Å²) in [6.07, 6.45) is 4.37. The van der Waals surface area contributed by atoms with Crippen LogP contribution in [0.15, 0.2) is 30.3 Å². The minimum Gasteiger partial charge on any atom is -0.451 e. The molecule has 1 aliphatic heterocycles. The van der Waals surface area contributed by atoms with Crippen molar-refractivity contribution in [2.75, 3.05) is 37.7 Å². The number of nitrogens with zero attached hydrogens (tertiary/aromatic N) is 2. The highest BCUT2D eigenvalue weighted by Gasteiger charge is 2.24. The Morgan fingerprint density at radius 2 is 1.82 bits per heavy atom. The summed E-state index contributed by atoms with van der Waals surface area (Å²) in [5.74, 6) is -0.879. The van der Waals surface area contributed by atoms with Crippen LogP contribution >= 0.6 is 11.3 Å². The number of amides is 1. The Bertz CT molecular complexity index is 851. The second kappa shape index (κ2) is 8.31. The summed E-state index contributed by atoms with van der Waals surface area (Å²) in [5, 5.41) is 0. The predicted octanol–water partition coefficient (Wildman–Crippen LogP) is 3.27. The van der Waals surface area contributed by atoms with Gasteiger partial charge >= 0.3 is 5.97 Å². The predicted molar refractivity (Wildman–Crippen MR) is 106 cm³/mol. The van der Waals surface area contributed by atoms with Crippen LogP contribution in [0.2, 0.25) is 0 Å². The van der Waals surface area contributed by atoms with Gasteiger partial charge in [-0.15, -0.1) is 11.3 Å². The molecule has 1 aromatic carbocycles. The largest absolute Gasteiger partial charge is 0.451 e. The first kappa shape index (κ1) is 18.9. The average molecular weight is 402 g/mol. The van der Waals surface area contributed by atoms with E-state index in [0.717, 1.165) is 19.3 Å². The van der Waals surface area contributed by atoms with Crippen LogP contribution in [0.1, 0.15) is 33.0 Å². The monoisotopic (exact) mass is 402 g/mol. The fourth-order valence-electron chi connectivity index (χ4n) is 3.79. The molecule has 0 unspecified atom stereocenters. The lowest BCUT2D eigenvalue weighted by molar-refractivity contribution is -0.134. The lowest BCUT2D eigenvalue weighted by atomic mass is 9.99. The molecule has 0 radical (unpaired) electrons. The Hall–Kier alpha value is -2.41. The van der Waals surface area contributed by atoms with Gasteiger partial charge in [-0.25, -0.2) is 9.18 Å². The molecule has 0 atom stereocenters. The number of anilines is 1. The minimum absolute atomic E-state index is 0.206. The SMILES string of the molecule is O=C(OCC(=O)N1CCN(c2ccccc2F)CC1)c1cc2c(s1)CCCC2. The number of halogens is 1. The molecule has 0 saturated carbocycles. The van der Waals surface area contributed by atoms with Crippen molar-refractivity contribution in [1.29, 1.82) is 0 Å². The quantitative estimate of drug-likeness (QED) is 0.737. The Labute approximate surface area is 167 Å². The lowest BCUT2D eigenvalue weighted by Gasteiger charge is -2.36. The molecule has 5 nitrogen and oxygen atoms in total. The number of piperazine rings is 1. The third-order valence-electron chi connectivity index (χ3n) is 5.35. The number of carbonyl (C=O) groups is 2. The number of hydrogen-bond donors (Lipinski definition) is 0. The molecule has 0 spiro atoms. The van der Waals surface area contributed by atoms with E-state index in [2.05, 4.69) is 0 Å². The summed E-state index contributed by atoms with van der Waals surface area (Å²) in [6, 6.07) is 8.57. The van der Waals surface area contributed by atoms with Crippen LogP contribution in [-0.4, -0.2) is 49.6 Å². The number of aryl methyl sites for hydroxylation is 2. The smallest absolute Gasteiger partial charge is 0.348 e. The molecule has 4 rings (SSSR count). The molecule has 7 heteroatoms. The van der Waals surface area contributed by atoms with E-state index >= 15 is 0 Å². The first-order chi connectivity index (χ1) is 13.6. The van der Waals surface area contributed by atoms with Gasteiger partial charge in [-0.3, -0.25) is 4.79 Å². The maximum Gasteiger partial charge on any atom is 0.348 e. The molecular weight excluding hydrogens is 379 g/mol. The molecular formula is C21H23FN2O3S. The highest BCUT2D eigenvalue weighted by molar-refractivity contribution is 7.14. The first-order valence-electron chi connectivity index (χ1n) is 9.68. The number of esters is 1. The van der Waals surface area contributed by atoms with Crippen molar-refractivity contribution in [3.8, 4) is 0 Å². The van der Waals surface area contributed by atoms with E-state index in [9.17, 15) is 14.0 Å². The second-order valence-electron chi connectivity index (χ2n) is 7.16. The summed E-state index contributed by atoms with van der Waals surface area (Å²) >= 11 is 1.49. The van der Waals surface area contributed by atoms with E-state index in [1.54, 1.807) is 23.1 Å². The molecule has 28 heavy (non-hydrogen) atoms. The Balaban J connectivity index is 1.27. The zero-order chi connectivity index (χ0) is 19.5. The van der Waals surface area contributed by atoms with Crippen molar-refractivity contribution in [3.63, 3.8) is 0 Å². The molecule has 2 aliphatic rings. The number of fused-ring (bicyclic) bond motifs is 1. The number of thiophene rings is 1. The summed E-state index contributed by atoms with van der Waals surface area (Å²) < 4.78 is 19.2. The Kier molecular flexibility index (Phi) is 5.62. The summed E-state index contributed by atoms with van der Waals surface area (Å²) in [4.78, 5) is 30.2. The first-order valence-corrected chi connectivity index (χ1v) is 10.5. The number of hydrogen-bond acceptors (Lipinski definition) is 5. The second-order valence-corrected chi connectivity index (χ2v) is 8.30. The van der Waals surface area contributed by atoms with Crippen LogP contribution < -0.4 is 4.90 Å². The standard InChI is InChI=1S/C21H23FN2O3S/c22-16-6-2-3-7-17(16)23-9-11-24(12-10-23)20(25)14-27-21(26)19-13-15-5-1-4-8-18(15)28-19/h2-3,6-7,13H,1,4-5,8-12,14H2. The van der Waals surface area contributed by atoms with Crippen LogP contribution in [0.5, 0.6) is 0 Å². The summed E-state index contributed by atoms with van der Waals surface area (Å²) in [7, 11) is 0. The Morgan fingerprint density at radius 3 is 2.57 bits per heavy atom. The lowest BCUT2D eigenvalue weighted by Crippen LogP contribution is -2.50. The zero-order valence-electron chi connectivity index (χ0n) is 15.7. The topological polar surface area (TPSA) is 49.9 Å². The van der Waals surface area contributed by atoms with Gasteiger partial charge < -0.3 is 14.5 Å². The molecule has 2 heterocycles. The van der Waals surface area contributed by atoms with E-state index in [0.29, 0.717) is 36.7 Å². The number of benzene rings is 1. The third kappa shape index (κ3) is 4.04. The summed E-state index contributed by atoms with van der Waals surface area (Å²) in [5.41, 5.74) is 1.81. The van der Waals surface area contributed by atoms with Gasteiger partial charge in [0.2, 0.25) is 0 Å². The highest BCUT2D eigenvalue weighted by Crippen LogP contribution is 2.30. The minimum atomic E-state index is -0.419. The van der Waals surface area contributed by atoms with Gasteiger partial charge in [-0.05, 0) is 49.4 Å². The molecule has 0 bridgehead atoms. The summed E-state index contributed by atoms with van der Waals surface area (Å²) in [6.45, 7) is 1.83. The van der Waals surface area contributed by atoms with Crippen molar-refractivity contribution in [2.45, 2.75) is 25.7 Å². The molecule has 1 aromatic heterocycles. The van der Waals surface area contributed by atoms with Crippen molar-refractivity contribution in [1.82, 2.24) is 4.90 Å². The van der Waals surface area contributed by atoms with E-state index in [4.69, 9.17) is 4.74 Å². The zero-order valence-corrected chi connectivity index (χ0v) is 16.5. The molecule has 2 aromatic rings. The molecule has 1 saturated heterocycles. The third-order valence-corrected chi connectivity index (χ3v) is 6.57. The van der Waals surface area contributed by atoms with E-state index < -0.39 is 5.97 Å². The fourth-order valence-corrected chi connectivity index (χ4v) is 4.93. The van der Waals surface area contributed by atoms with Gasteiger partial charge in [-0.2, -0.15) is 0 Å². The molecule has 148 valence electrons. The van der Waals surface area contributed by atoms with E-state index in [1.807, 2.05) is 11.0 Å². The molecule has 1 aliphatic carbocycles. The maximum absolute atomic E-state index is 13.9. The van der Waals surface area contributed by atoms with Gasteiger partial charge in [0, 0.05) is 31.1 Å². The van der Waals surface area contributed by atoms with Gasteiger partial charge in [0.05, 0.1) is 5.69 Å². The van der Waals surface area contributed by atoms with Gasteiger partial charge in [-0.1, -0.05) is 12.1 Å². The van der Waals surface area contributed by atoms with Crippen molar-refractivity contribution < 1.29 is 18.7 Å². The van der Waals surface area contributed by atoms with Gasteiger partial charge in [0.1, 0.15) is 10.7 Å². The van der Waals surface area contributed by atoms with Crippen LogP contribution in [0.4, 0.5) is 10.1 Å². The van der Waals surface area contributed by atoms with E-state index in [-0.39, 0.29) is 18.3 Å². The molecule has 1 amide bonds. The normalized spacial score (nSPS) is 16.6. The number of ether oxygens (including phenoxy) is 1. The number of carbonyl (C=O) groups excluding carboxylic acids is 2. The van der Waals surface area contributed by atoms with Gasteiger partial charge in [0.25, 0.3) is 5.91 Å². The van der Waals surface area contributed by atoms with Gasteiger partial charge in [0.15, 0.2) is 6.61 Å². The van der Waals surface area contributed by atoms with E-state index in [1.165, 1.54) is 34.3 Å². The average Bonchev–Trinajstić information content (AvgIpc) is 3.17. The fraction of sp³-hybridized carbons (Fsp3) is 0.429. The number of para-hydroxylation sites is 1. The van der Waals surface area contributed by atoms with Crippen molar-refractivity contribution in [2.24, 2.45) is 0 Å². The van der Waals surface area contributed by atoms with Crippen LogP contribution in [0.3, 0.4) is 0 Å². The molecule has 0 N–H and O–H groups in total. The van der Waals surface area contributed by atoms with Crippen molar-refractivity contribution in [3.05, 3.63) is 51.5 Å². The number of rotatable bonds is 4.